The minimum atomic E-state index is -0.614. The van der Waals surface area contributed by atoms with E-state index in [1.165, 1.54) is 4.68 Å². The predicted molar refractivity (Wildman–Crippen MR) is 116 cm³/mol. The van der Waals surface area contributed by atoms with E-state index in [9.17, 15) is 9.90 Å². The van der Waals surface area contributed by atoms with Crippen molar-refractivity contribution in [1.82, 2.24) is 19.7 Å². The van der Waals surface area contributed by atoms with Crippen molar-refractivity contribution in [2.75, 3.05) is 14.1 Å². The minimum absolute atomic E-state index is 0.194. The number of aromatic nitrogens is 3. The zero-order chi connectivity index (χ0) is 20.9. The van der Waals surface area contributed by atoms with Crippen molar-refractivity contribution in [3.63, 3.8) is 0 Å². The number of H-pyrrole nitrogens is 1. The first kappa shape index (κ1) is 19.5. The molecule has 0 aliphatic carbocycles. The standard InChI is InChI=1S/C21H24N4O3S/c1-21(2,3)28-20(27)25-17-10-14(11-24(4)5)29-19(17)18(23-25)16-8-12-6-7-13(26)9-15(12)22-16/h6-10,22,26H,11H2,1-5H3. The van der Waals surface area contributed by atoms with E-state index in [2.05, 4.69) is 15.0 Å². The van der Waals surface area contributed by atoms with Crippen molar-refractivity contribution in [2.24, 2.45) is 0 Å². The molecule has 7 nitrogen and oxygen atoms in total. The highest BCUT2D eigenvalue weighted by Crippen LogP contribution is 2.36. The van der Waals surface area contributed by atoms with Crippen LogP contribution in [0.25, 0.3) is 32.5 Å². The molecule has 0 saturated heterocycles. The summed E-state index contributed by atoms with van der Waals surface area (Å²) in [6.07, 6.45) is -0.503. The minimum Gasteiger partial charge on any atom is -0.508 e. The van der Waals surface area contributed by atoms with Crippen LogP contribution < -0.4 is 0 Å². The number of carbonyl (C=O) groups excluding carboxylic acids is 1. The van der Waals surface area contributed by atoms with E-state index in [0.717, 1.165) is 38.2 Å². The Labute approximate surface area is 172 Å². The molecule has 0 aliphatic heterocycles. The van der Waals surface area contributed by atoms with Crippen LogP contribution in [-0.2, 0) is 11.3 Å². The van der Waals surface area contributed by atoms with Gasteiger partial charge in [-0.1, -0.05) is 0 Å². The molecule has 0 amide bonds. The summed E-state index contributed by atoms with van der Waals surface area (Å²) in [4.78, 5) is 19.3. The molecule has 0 unspecified atom stereocenters. The lowest BCUT2D eigenvalue weighted by atomic mass is 10.2. The number of fused-ring (bicyclic) bond motifs is 2. The normalized spacial score (nSPS) is 12.3. The molecule has 0 fully saturated rings. The highest BCUT2D eigenvalue weighted by molar-refractivity contribution is 7.19. The molecule has 0 bridgehead atoms. The molecule has 8 heteroatoms. The monoisotopic (exact) mass is 412 g/mol. The molecule has 2 N–H and O–H groups in total. The van der Waals surface area contributed by atoms with Gasteiger partial charge in [0.15, 0.2) is 0 Å². The first-order valence-electron chi connectivity index (χ1n) is 9.32. The largest absolute Gasteiger partial charge is 0.508 e. The summed E-state index contributed by atoms with van der Waals surface area (Å²) in [5.41, 5.74) is 2.41. The molecule has 0 atom stereocenters. The topological polar surface area (TPSA) is 83.4 Å². The first-order chi connectivity index (χ1) is 13.6. The maximum Gasteiger partial charge on any atom is 0.435 e. The summed E-state index contributed by atoms with van der Waals surface area (Å²) in [6.45, 7) is 6.28. The zero-order valence-corrected chi connectivity index (χ0v) is 17.9. The third-order valence-corrected chi connectivity index (χ3v) is 5.42. The van der Waals surface area contributed by atoms with Crippen LogP contribution in [0.3, 0.4) is 0 Å². The number of phenols is 1. The van der Waals surface area contributed by atoms with E-state index in [4.69, 9.17) is 4.74 Å². The number of phenolic OH excluding ortho intramolecular Hbond substituents is 1. The van der Waals surface area contributed by atoms with Gasteiger partial charge >= 0.3 is 6.09 Å². The highest BCUT2D eigenvalue weighted by Gasteiger charge is 2.25. The van der Waals surface area contributed by atoms with Crippen LogP contribution in [0.2, 0.25) is 0 Å². The van der Waals surface area contributed by atoms with Gasteiger partial charge in [0.05, 0.1) is 15.9 Å². The molecule has 1 aromatic carbocycles. The third kappa shape index (κ3) is 3.86. The number of hydrogen-bond acceptors (Lipinski definition) is 6. The number of rotatable bonds is 3. The summed E-state index contributed by atoms with van der Waals surface area (Å²) >= 11 is 1.61. The third-order valence-electron chi connectivity index (χ3n) is 4.31. The quantitative estimate of drug-likeness (QED) is 0.505. The van der Waals surface area contributed by atoms with Crippen LogP contribution >= 0.6 is 11.3 Å². The van der Waals surface area contributed by atoms with Crippen LogP contribution in [0, 0.1) is 0 Å². The van der Waals surface area contributed by atoms with Crippen LogP contribution in [0.15, 0.2) is 30.3 Å². The SMILES string of the molecule is CN(C)Cc1cc2c(s1)c(-c1cc3ccc(O)cc3[nH]1)nn2C(=O)OC(C)(C)C. The Morgan fingerprint density at radius 1 is 1.28 bits per heavy atom. The fraction of sp³-hybridized carbons (Fsp3) is 0.333. The van der Waals surface area contributed by atoms with Gasteiger partial charge in [-0.2, -0.15) is 9.78 Å². The Hall–Kier alpha value is -2.84. The van der Waals surface area contributed by atoms with Gasteiger partial charge < -0.3 is 19.7 Å². The van der Waals surface area contributed by atoms with Gasteiger partial charge in [-0.3, -0.25) is 0 Å². The molecule has 4 rings (SSSR count). The lowest BCUT2D eigenvalue weighted by Crippen LogP contribution is -2.27. The smallest absolute Gasteiger partial charge is 0.435 e. The van der Waals surface area contributed by atoms with E-state index in [1.807, 2.05) is 53.1 Å². The Morgan fingerprint density at radius 3 is 2.72 bits per heavy atom. The van der Waals surface area contributed by atoms with Crippen molar-refractivity contribution >= 4 is 38.5 Å². The number of benzene rings is 1. The molecule has 3 aromatic heterocycles. The highest BCUT2D eigenvalue weighted by atomic mass is 32.1. The summed E-state index contributed by atoms with van der Waals surface area (Å²) in [5, 5.41) is 15.3. The number of carbonyl (C=O) groups is 1. The van der Waals surface area contributed by atoms with E-state index in [-0.39, 0.29) is 5.75 Å². The molecule has 0 radical (unpaired) electrons. The maximum absolute atomic E-state index is 12.8. The van der Waals surface area contributed by atoms with Crippen LogP contribution in [0.5, 0.6) is 5.75 Å². The van der Waals surface area contributed by atoms with Crippen molar-refractivity contribution in [1.29, 1.82) is 0 Å². The molecule has 0 saturated carbocycles. The second-order valence-electron chi connectivity index (χ2n) is 8.36. The van der Waals surface area contributed by atoms with Gasteiger partial charge in [0.25, 0.3) is 0 Å². The van der Waals surface area contributed by atoms with Crippen molar-refractivity contribution < 1.29 is 14.6 Å². The van der Waals surface area contributed by atoms with E-state index in [1.54, 1.807) is 23.5 Å². The Morgan fingerprint density at radius 2 is 2.03 bits per heavy atom. The summed E-state index contributed by atoms with van der Waals surface area (Å²) in [6, 6.07) is 9.14. The predicted octanol–water partition coefficient (Wildman–Crippen LogP) is 4.80. The number of aromatic hydroxyl groups is 1. The van der Waals surface area contributed by atoms with E-state index >= 15 is 0 Å². The summed E-state index contributed by atoms with van der Waals surface area (Å²) in [5.74, 6) is 0.194. The van der Waals surface area contributed by atoms with Crippen molar-refractivity contribution in [2.45, 2.75) is 32.9 Å². The van der Waals surface area contributed by atoms with Gasteiger partial charge in [-0.05, 0) is 59.1 Å². The lowest BCUT2D eigenvalue weighted by molar-refractivity contribution is 0.0523. The van der Waals surface area contributed by atoms with Crippen molar-refractivity contribution in [3.05, 3.63) is 35.2 Å². The van der Waals surface area contributed by atoms with Crippen molar-refractivity contribution in [3.8, 4) is 17.1 Å². The van der Waals surface area contributed by atoms with Crippen LogP contribution in [0.4, 0.5) is 4.79 Å². The molecule has 0 aliphatic rings. The molecule has 29 heavy (non-hydrogen) atoms. The average molecular weight is 413 g/mol. The molecular weight excluding hydrogens is 388 g/mol. The molecule has 152 valence electrons. The molecular formula is C21H24N4O3S. The van der Waals surface area contributed by atoms with E-state index in [0.29, 0.717) is 5.69 Å². The van der Waals surface area contributed by atoms with Gasteiger partial charge in [-0.15, -0.1) is 11.3 Å². The first-order valence-corrected chi connectivity index (χ1v) is 10.1. The van der Waals surface area contributed by atoms with E-state index < -0.39 is 11.7 Å². The molecule has 4 aromatic rings. The maximum atomic E-state index is 12.8. The lowest BCUT2D eigenvalue weighted by Gasteiger charge is -2.19. The van der Waals surface area contributed by atoms with Crippen LogP contribution in [-0.4, -0.2) is 50.6 Å². The fourth-order valence-corrected chi connectivity index (χ4v) is 4.46. The molecule has 3 heterocycles. The number of nitrogens with zero attached hydrogens (tertiary/aromatic N) is 3. The van der Waals surface area contributed by atoms with Gasteiger partial charge in [-0.25, -0.2) is 4.79 Å². The number of thiophene rings is 1. The Bertz CT molecular complexity index is 1210. The van der Waals surface area contributed by atoms with Gasteiger partial charge in [0.2, 0.25) is 0 Å². The van der Waals surface area contributed by atoms with Gasteiger partial charge in [0.1, 0.15) is 17.0 Å². The summed E-state index contributed by atoms with van der Waals surface area (Å²) < 4.78 is 7.82. The van der Waals surface area contributed by atoms with Gasteiger partial charge in [0, 0.05) is 28.4 Å². The Balaban J connectivity index is 1.87. The zero-order valence-electron chi connectivity index (χ0n) is 17.1. The molecule has 0 spiro atoms. The van der Waals surface area contributed by atoms with Crippen LogP contribution in [0.1, 0.15) is 25.6 Å². The second kappa shape index (κ2) is 6.89. The fourth-order valence-electron chi connectivity index (χ4n) is 3.21. The number of hydrogen-bond donors (Lipinski definition) is 2. The average Bonchev–Trinajstić information content (AvgIpc) is 3.24. The number of aromatic amines is 1. The number of nitrogens with one attached hydrogen (secondary N) is 1. The number of ether oxygens (including phenoxy) is 1. The second-order valence-corrected chi connectivity index (χ2v) is 9.50. The Kier molecular flexibility index (Phi) is 4.63. The summed E-state index contributed by atoms with van der Waals surface area (Å²) in [7, 11) is 4.02.